The molecule has 0 aliphatic carbocycles. The van der Waals surface area contributed by atoms with Gasteiger partial charge in [0.25, 0.3) is 0 Å². The summed E-state index contributed by atoms with van der Waals surface area (Å²) in [6, 6.07) is 6.82. The van der Waals surface area contributed by atoms with E-state index >= 15 is 0 Å². The largest absolute Gasteiger partial charge is 0.462 e. The first-order valence-electron chi connectivity index (χ1n) is 5.61. The highest BCUT2D eigenvalue weighted by Gasteiger charge is 2.46. The summed E-state index contributed by atoms with van der Waals surface area (Å²) in [7, 11) is 0. The van der Waals surface area contributed by atoms with Gasteiger partial charge in [0.1, 0.15) is 0 Å². The Morgan fingerprint density at radius 3 is 2.59 bits per heavy atom. The normalized spacial score (nSPS) is 27.4. The maximum atomic E-state index is 13.3. The first-order chi connectivity index (χ1) is 8.08. The summed E-state index contributed by atoms with van der Waals surface area (Å²) in [5, 5.41) is 0. The first kappa shape index (κ1) is 12.0. The maximum absolute atomic E-state index is 13.3. The quantitative estimate of drug-likeness (QED) is 0.759. The van der Waals surface area contributed by atoms with E-state index in [-0.39, 0.29) is 5.97 Å². The number of ether oxygens (including phenoxy) is 2. The average molecular weight is 238 g/mol. The van der Waals surface area contributed by atoms with Gasteiger partial charge in [0.2, 0.25) is 6.36 Å². The molecule has 1 saturated heterocycles. The van der Waals surface area contributed by atoms with Crippen molar-refractivity contribution >= 4 is 5.97 Å². The number of esters is 1. The Balaban J connectivity index is 2.16. The Morgan fingerprint density at radius 1 is 1.53 bits per heavy atom. The zero-order valence-electron chi connectivity index (χ0n) is 9.90. The van der Waals surface area contributed by atoms with Crippen molar-refractivity contribution < 1.29 is 18.7 Å². The number of hydrogen-bond acceptors (Lipinski definition) is 3. The summed E-state index contributed by atoms with van der Waals surface area (Å²) >= 11 is 0. The standard InChI is InChI=1S/C13H15FO3/c1-3-16-11(15)9-4-6-10(7-5-9)13(2)8-17-12(13)14/h4-7,12H,3,8H2,1-2H3. The number of hydrogen-bond donors (Lipinski definition) is 0. The van der Waals surface area contributed by atoms with Gasteiger partial charge in [0, 0.05) is 0 Å². The average Bonchev–Trinajstić information content (AvgIpc) is 2.36. The fraction of sp³-hybridized carbons (Fsp3) is 0.462. The minimum atomic E-state index is -1.27. The predicted octanol–water partition coefficient (Wildman–Crippen LogP) is 2.45. The van der Waals surface area contributed by atoms with Crippen LogP contribution < -0.4 is 0 Å². The van der Waals surface area contributed by atoms with E-state index in [2.05, 4.69) is 0 Å². The molecule has 0 spiro atoms. The van der Waals surface area contributed by atoms with E-state index < -0.39 is 11.8 Å². The van der Waals surface area contributed by atoms with Crippen LogP contribution in [0, 0.1) is 0 Å². The van der Waals surface area contributed by atoms with Crippen molar-refractivity contribution in [2.45, 2.75) is 25.6 Å². The van der Waals surface area contributed by atoms with Gasteiger partial charge in [-0.05, 0) is 31.5 Å². The highest BCUT2D eigenvalue weighted by molar-refractivity contribution is 5.89. The Hall–Kier alpha value is -1.42. The maximum Gasteiger partial charge on any atom is 0.338 e. The van der Waals surface area contributed by atoms with E-state index in [1.807, 2.05) is 0 Å². The zero-order chi connectivity index (χ0) is 12.5. The van der Waals surface area contributed by atoms with E-state index in [0.717, 1.165) is 5.56 Å². The highest BCUT2D eigenvalue weighted by atomic mass is 19.1. The molecule has 1 aliphatic heterocycles. The number of rotatable bonds is 3. The lowest BCUT2D eigenvalue weighted by molar-refractivity contribution is -0.201. The second-order valence-corrected chi connectivity index (χ2v) is 4.34. The minimum absolute atomic E-state index is 0.346. The van der Waals surface area contributed by atoms with Gasteiger partial charge in [-0.1, -0.05) is 12.1 Å². The van der Waals surface area contributed by atoms with Crippen LogP contribution in [-0.4, -0.2) is 25.5 Å². The molecule has 2 atom stereocenters. The van der Waals surface area contributed by atoms with E-state index in [1.165, 1.54) is 0 Å². The highest BCUT2D eigenvalue weighted by Crippen LogP contribution is 2.38. The van der Waals surface area contributed by atoms with Crippen molar-refractivity contribution in [1.82, 2.24) is 0 Å². The third-order valence-electron chi connectivity index (χ3n) is 3.09. The summed E-state index contributed by atoms with van der Waals surface area (Å²) in [6.45, 7) is 4.28. The molecule has 1 aliphatic rings. The lowest BCUT2D eigenvalue weighted by atomic mass is 9.79. The van der Waals surface area contributed by atoms with Crippen molar-refractivity contribution in [1.29, 1.82) is 0 Å². The lowest BCUT2D eigenvalue weighted by Gasteiger charge is -2.42. The topological polar surface area (TPSA) is 35.5 Å². The van der Waals surface area contributed by atoms with Crippen LogP contribution in [0.4, 0.5) is 4.39 Å². The van der Waals surface area contributed by atoms with E-state index in [4.69, 9.17) is 9.47 Å². The fourth-order valence-corrected chi connectivity index (χ4v) is 1.81. The van der Waals surface area contributed by atoms with Crippen LogP contribution >= 0.6 is 0 Å². The number of benzene rings is 1. The molecule has 1 heterocycles. The van der Waals surface area contributed by atoms with Crippen LogP contribution in [0.2, 0.25) is 0 Å². The molecule has 4 heteroatoms. The molecule has 0 bridgehead atoms. The van der Waals surface area contributed by atoms with Gasteiger partial charge in [-0.25, -0.2) is 9.18 Å². The van der Waals surface area contributed by atoms with Gasteiger partial charge in [0.05, 0.1) is 24.2 Å². The summed E-state index contributed by atoms with van der Waals surface area (Å²) in [5.41, 5.74) is 0.729. The van der Waals surface area contributed by atoms with E-state index in [9.17, 15) is 9.18 Å². The summed E-state index contributed by atoms with van der Waals surface area (Å²) in [4.78, 5) is 11.4. The Labute approximate surface area is 99.5 Å². The monoisotopic (exact) mass is 238 g/mol. The van der Waals surface area contributed by atoms with Crippen LogP contribution in [0.3, 0.4) is 0 Å². The van der Waals surface area contributed by atoms with Crippen LogP contribution in [0.5, 0.6) is 0 Å². The van der Waals surface area contributed by atoms with Crippen LogP contribution in [0.25, 0.3) is 0 Å². The third kappa shape index (κ3) is 2.05. The van der Waals surface area contributed by atoms with Gasteiger partial charge in [-0.15, -0.1) is 0 Å². The van der Waals surface area contributed by atoms with Gasteiger partial charge < -0.3 is 9.47 Å². The molecular weight excluding hydrogens is 223 g/mol. The second-order valence-electron chi connectivity index (χ2n) is 4.34. The van der Waals surface area contributed by atoms with Crippen molar-refractivity contribution in [2.75, 3.05) is 13.2 Å². The molecule has 0 amide bonds. The molecule has 2 unspecified atom stereocenters. The molecule has 0 aromatic heterocycles. The fourth-order valence-electron chi connectivity index (χ4n) is 1.81. The van der Waals surface area contributed by atoms with Crippen molar-refractivity contribution in [3.8, 4) is 0 Å². The van der Waals surface area contributed by atoms with E-state index in [0.29, 0.717) is 18.8 Å². The molecule has 17 heavy (non-hydrogen) atoms. The number of carbonyl (C=O) groups is 1. The zero-order valence-corrected chi connectivity index (χ0v) is 9.90. The van der Waals surface area contributed by atoms with Crippen LogP contribution in [0.15, 0.2) is 24.3 Å². The molecule has 0 radical (unpaired) electrons. The first-order valence-corrected chi connectivity index (χ1v) is 5.61. The van der Waals surface area contributed by atoms with Crippen LogP contribution in [-0.2, 0) is 14.9 Å². The number of carbonyl (C=O) groups excluding carboxylic acids is 1. The van der Waals surface area contributed by atoms with Gasteiger partial charge in [0.15, 0.2) is 0 Å². The summed E-state index contributed by atoms with van der Waals surface area (Å²) < 4.78 is 23.0. The molecule has 0 saturated carbocycles. The smallest absolute Gasteiger partial charge is 0.338 e. The molecule has 0 N–H and O–H groups in total. The van der Waals surface area contributed by atoms with Gasteiger partial charge in [-0.3, -0.25) is 0 Å². The Bertz CT molecular complexity index is 415. The van der Waals surface area contributed by atoms with Crippen LogP contribution in [0.1, 0.15) is 29.8 Å². The molecular formula is C13H15FO3. The number of halogens is 1. The lowest BCUT2D eigenvalue weighted by Crippen LogP contribution is -2.50. The van der Waals surface area contributed by atoms with Gasteiger partial charge in [-0.2, -0.15) is 0 Å². The predicted molar refractivity (Wildman–Crippen MR) is 60.6 cm³/mol. The van der Waals surface area contributed by atoms with Crippen molar-refractivity contribution in [3.63, 3.8) is 0 Å². The molecule has 1 aromatic carbocycles. The van der Waals surface area contributed by atoms with Crippen molar-refractivity contribution in [3.05, 3.63) is 35.4 Å². The summed E-state index contributed by atoms with van der Waals surface area (Å²) in [5.74, 6) is -0.356. The molecule has 2 rings (SSSR count). The molecule has 92 valence electrons. The molecule has 1 aromatic rings. The Kier molecular flexibility index (Phi) is 3.15. The SMILES string of the molecule is CCOC(=O)c1ccc(C2(C)COC2F)cc1. The summed E-state index contributed by atoms with van der Waals surface area (Å²) in [6.07, 6.45) is -1.27. The second kappa shape index (κ2) is 4.45. The van der Waals surface area contributed by atoms with Gasteiger partial charge >= 0.3 is 5.97 Å². The van der Waals surface area contributed by atoms with E-state index in [1.54, 1.807) is 38.1 Å². The Morgan fingerprint density at radius 2 is 2.18 bits per heavy atom. The third-order valence-corrected chi connectivity index (χ3v) is 3.09. The molecule has 3 nitrogen and oxygen atoms in total. The molecule has 1 fully saturated rings. The number of alkyl halides is 1. The van der Waals surface area contributed by atoms with Crippen molar-refractivity contribution in [2.24, 2.45) is 0 Å². The minimum Gasteiger partial charge on any atom is -0.462 e.